The molecule has 3 aromatic carbocycles. The van der Waals surface area contributed by atoms with Crippen LogP contribution in [-0.2, 0) is 15.6 Å². The maximum Gasteiger partial charge on any atom is 0.189 e. The fourth-order valence-corrected chi connectivity index (χ4v) is 9.14. The molecule has 0 unspecified atom stereocenters. The summed E-state index contributed by atoms with van der Waals surface area (Å²) in [5.74, 6) is 4.60. The monoisotopic (exact) mass is 471 g/mol. The van der Waals surface area contributed by atoms with Crippen LogP contribution in [0.5, 0.6) is 5.75 Å². The minimum atomic E-state index is -0.128. The van der Waals surface area contributed by atoms with Crippen LogP contribution in [0.4, 0.5) is 0 Å². The molecule has 176 valence electrons. The quantitative estimate of drug-likeness (QED) is 0.191. The molecule has 0 saturated heterocycles. The van der Waals surface area contributed by atoms with Gasteiger partial charge in [-0.2, -0.15) is 0 Å². The second-order valence-electron chi connectivity index (χ2n) is 10.8. The zero-order chi connectivity index (χ0) is 23.0. The van der Waals surface area contributed by atoms with Gasteiger partial charge in [-0.1, -0.05) is 43.3 Å². The first-order valence-corrected chi connectivity index (χ1v) is 14.1. The summed E-state index contributed by atoms with van der Waals surface area (Å²) < 4.78 is 12.2. The molecule has 0 spiro atoms. The van der Waals surface area contributed by atoms with Crippen LogP contribution >= 0.6 is 0 Å². The molecule has 0 aliphatic heterocycles. The molecular weight excluding hydrogens is 436 g/mol. The predicted molar refractivity (Wildman–Crippen MR) is 138 cm³/mol. The van der Waals surface area contributed by atoms with Crippen molar-refractivity contribution in [2.24, 2.45) is 29.1 Å². The highest BCUT2D eigenvalue weighted by Crippen LogP contribution is 2.62. The van der Waals surface area contributed by atoms with Gasteiger partial charge >= 0.3 is 0 Å². The summed E-state index contributed by atoms with van der Waals surface area (Å²) in [6.07, 6.45) is 7.22. The van der Waals surface area contributed by atoms with Gasteiger partial charge in [0.15, 0.2) is 21.5 Å². The van der Waals surface area contributed by atoms with Gasteiger partial charge in [0, 0.05) is 0 Å². The molecule has 0 amide bonds. The van der Waals surface area contributed by atoms with Crippen molar-refractivity contribution in [3.05, 3.63) is 84.9 Å². The summed E-state index contributed by atoms with van der Waals surface area (Å²) in [7, 11) is -0.128. The summed E-state index contributed by atoms with van der Waals surface area (Å²) in [6.45, 7) is 3.67. The Morgan fingerprint density at radius 1 is 0.676 bits per heavy atom. The summed E-state index contributed by atoms with van der Waals surface area (Å²) >= 11 is 0. The number of hydrogen-bond donors (Lipinski definition) is 0. The van der Waals surface area contributed by atoms with Gasteiger partial charge in [0.1, 0.15) is 5.75 Å². The Bertz CT molecular complexity index is 1010. The zero-order valence-corrected chi connectivity index (χ0v) is 20.9. The Hall–Kier alpha value is -2.23. The summed E-state index contributed by atoms with van der Waals surface area (Å²) in [5.41, 5.74) is 0.348. The molecule has 4 saturated carbocycles. The van der Waals surface area contributed by atoms with E-state index in [1.54, 1.807) is 0 Å². The summed E-state index contributed by atoms with van der Waals surface area (Å²) in [6, 6.07) is 30.1. The lowest BCUT2D eigenvalue weighted by atomic mass is 9.46. The van der Waals surface area contributed by atoms with E-state index in [0.717, 1.165) is 36.0 Å². The van der Waals surface area contributed by atoms with Crippen molar-refractivity contribution >= 4 is 10.9 Å². The van der Waals surface area contributed by atoms with Crippen molar-refractivity contribution in [2.75, 3.05) is 13.4 Å². The van der Waals surface area contributed by atoms with E-state index < -0.39 is 0 Å². The molecular formula is C31H35O2S+. The first kappa shape index (κ1) is 22.2. The minimum Gasteiger partial charge on any atom is -0.468 e. The fraction of sp³-hybridized carbons (Fsp3) is 0.419. The van der Waals surface area contributed by atoms with Crippen molar-refractivity contribution < 1.29 is 9.47 Å². The lowest BCUT2D eigenvalue weighted by molar-refractivity contribution is -0.147. The van der Waals surface area contributed by atoms with E-state index >= 15 is 0 Å². The molecule has 4 bridgehead atoms. The second kappa shape index (κ2) is 9.43. The Morgan fingerprint density at radius 3 is 1.71 bits per heavy atom. The highest BCUT2D eigenvalue weighted by Gasteiger charge is 2.54. The molecule has 2 nitrogen and oxygen atoms in total. The molecule has 34 heavy (non-hydrogen) atoms. The standard InChI is InChI=1S/C31H35O2S/c1-31(25-17-23-16-24(19-25)20-26(31)18-23)21-32-22-33-27-12-14-30(15-13-27)34(28-8-4-2-5-9-28)29-10-6-3-7-11-29/h2-15,23-26H,16-22H2,1H3/q+1. The Morgan fingerprint density at radius 2 is 1.18 bits per heavy atom. The van der Waals surface area contributed by atoms with E-state index in [1.165, 1.54) is 46.8 Å². The van der Waals surface area contributed by atoms with Crippen LogP contribution in [-0.4, -0.2) is 13.4 Å². The van der Waals surface area contributed by atoms with Gasteiger partial charge in [0.2, 0.25) is 0 Å². The van der Waals surface area contributed by atoms with Crippen molar-refractivity contribution in [2.45, 2.75) is 53.7 Å². The van der Waals surface area contributed by atoms with Crippen LogP contribution in [0.1, 0.15) is 39.0 Å². The van der Waals surface area contributed by atoms with E-state index in [2.05, 4.69) is 91.9 Å². The van der Waals surface area contributed by atoms with Crippen molar-refractivity contribution in [1.82, 2.24) is 0 Å². The number of ether oxygens (including phenoxy) is 2. The van der Waals surface area contributed by atoms with E-state index in [4.69, 9.17) is 9.47 Å². The smallest absolute Gasteiger partial charge is 0.189 e. The SMILES string of the molecule is CC1(COCOc2ccc([S+](c3ccccc3)c3ccccc3)cc2)C2CC3CC(C2)CC1C3. The molecule has 3 aromatic rings. The average molecular weight is 472 g/mol. The molecule has 0 radical (unpaired) electrons. The third-order valence-electron chi connectivity index (χ3n) is 8.74. The van der Waals surface area contributed by atoms with Crippen LogP contribution in [0.2, 0.25) is 0 Å². The number of rotatable bonds is 8. The molecule has 0 aromatic heterocycles. The Kier molecular flexibility index (Phi) is 6.17. The zero-order valence-electron chi connectivity index (χ0n) is 20.1. The summed E-state index contributed by atoms with van der Waals surface area (Å²) in [4.78, 5) is 3.95. The maximum absolute atomic E-state index is 6.16. The second-order valence-corrected chi connectivity index (χ2v) is 12.9. The lowest BCUT2D eigenvalue weighted by Gasteiger charge is -2.60. The van der Waals surface area contributed by atoms with Crippen molar-refractivity contribution in [3.8, 4) is 5.75 Å². The van der Waals surface area contributed by atoms with Gasteiger partial charge < -0.3 is 9.47 Å². The van der Waals surface area contributed by atoms with Crippen LogP contribution in [0.3, 0.4) is 0 Å². The van der Waals surface area contributed by atoms with Crippen LogP contribution in [0.15, 0.2) is 99.6 Å². The molecule has 4 aliphatic carbocycles. The topological polar surface area (TPSA) is 18.5 Å². The van der Waals surface area contributed by atoms with Gasteiger partial charge in [-0.25, -0.2) is 0 Å². The van der Waals surface area contributed by atoms with Crippen molar-refractivity contribution in [1.29, 1.82) is 0 Å². The first-order valence-electron chi connectivity index (χ1n) is 12.8. The third-order valence-corrected chi connectivity index (χ3v) is 11.0. The van der Waals surface area contributed by atoms with Gasteiger partial charge in [0.25, 0.3) is 0 Å². The average Bonchev–Trinajstić information content (AvgIpc) is 2.87. The van der Waals surface area contributed by atoms with E-state index in [9.17, 15) is 0 Å². The van der Waals surface area contributed by atoms with Gasteiger partial charge in [-0.15, -0.1) is 0 Å². The number of benzene rings is 3. The highest BCUT2D eigenvalue weighted by molar-refractivity contribution is 7.97. The normalized spacial score (nSPS) is 29.5. The Balaban J connectivity index is 1.09. The van der Waals surface area contributed by atoms with Gasteiger partial charge in [-0.3, -0.25) is 0 Å². The lowest BCUT2D eigenvalue weighted by Crippen LogP contribution is -2.53. The van der Waals surface area contributed by atoms with E-state index in [-0.39, 0.29) is 10.9 Å². The Labute approximate surface area is 207 Å². The minimum absolute atomic E-state index is 0.128. The van der Waals surface area contributed by atoms with Crippen LogP contribution < -0.4 is 4.74 Å². The van der Waals surface area contributed by atoms with Gasteiger partial charge in [-0.05, 0) is 110 Å². The molecule has 4 fully saturated rings. The predicted octanol–water partition coefficient (Wildman–Crippen LogP) is 7.60. The van der Waals surface area contributed by atoms with Crippen molar-refractivity contribution in [3.63, 3.8) is 0 Å². The third kappa shape index (κ3) is 4.29. The maximum atomic E-state index is 6.16. The largest absolute Gasteiger partial charge is 0.468 e. The van der Waals surface area contributed by atoms with Crippen LogP contribution in [0.25, 0.3) is 0 Å². The molecule has 7 rings (SSSR count). The molecule has 0 heterocycles. The molecule has 0 atom stereocenters. The molecule has 0 N–H and O–H groups in total. The fourth-order valence-electron chi connectivity index (χ4n) is 7.06. The van der Waals surface area contributed by atoms with Gasteiger partial charge in [0.05, 0.1) is 17.5 Å². The van der Waals surface area contributed by atoms with E-state index in [1.807, 2.05) is 0 Å². The summed E-state index contributed by atoms with van der Waals surface area (Å²) in [5, 5.41) is 0. The highest BCUT2D eigenvalue weighted by atomic mass is 32.2. The van der Waals surface area contributed by atoms with Crippen LogP contribution in [0, 0.1) is 29.1 Å². The molecule has 3 heteroatoms. The van der Waals surface area contributed by atoms with E-state index in [0.29, 0.717) is 12.2 Å². The number of hydrogen-bond acceptors (Lipinski definition) is 2. The molecule has 4 aliphatic rings. The first-order chi connectivity index (χ1) is 16.7.